The summed E-state index contributed by atoms with van der Waals surface area (Å²) in [7, 11) is -3.69. The lowest BCUT2D eigenvalue weighted by molar-refractivity contribution is 0.577. The molecule has 2 aromatic heterocycles. The molecule has 0 radical (unpaired) electrons. The summed E-state index contributed by atoms with van der Waals surface area (Å²) in [6.45, 7) is -0.0168. The molecule has 0 aliphatic heterocycles. The van der Waals surface area contributed by atoms with Crippen molar-refractivity contribution in [2.75, 3.05) is 0 Å². The molecule has 2 rings (SSSR count). The first-order chi connectivity index (χ1) is 8.63. The average molecular weight is 269 g/mol. The van der Waals surface area contributed by atoms with Gasteiger partial charge in [-0.3, -0.25) is 4.98 Å². The van der Waals surface area contributed by atoms with Crippen molar-refractivity contribution in [1.82, 2.24) is 30.3 Å². The van der Waals surface area contributed by atoms with Gasteiger partial charge in [-0.05, 0) is 12.1 Å². The molecule has 0 unspecified atom stereocenters. The average Bonchev–Trinajstić information content (AvgIpc) is 2.89. The zero-order chi connectivity index (χ0) is 13.0. The molecule has 0 saturated carbocycles. The van der Waals surface area contributed by atoms with Crippen molar-refractivity contribution in [3.05, 3.63) is 29.8 Å². The van der Waals surface area contributed by atoms with E-state index in [1.807, 2.05) is 0 Å². The van der Waals surface area contributed by atoms with E-state index in [-0.39, 0.29) is 23.8 Å². The monoisotopic (exact) mass is 269 g/mol. The van der Waals surface area contributed by atoms with Crippen LogP contribution in [0.5, 0.6) is 0 Å². The Bertz CT molecular complexity index is 610. The number of nitrogens with zero attached hydrogens (tertiary/aromatic N) is 4. The van der Waals surface area contributed by atoms with E-state index in [1.165, 1.54) is 18.3 Å². The maximum atomic E-state index is 12.0. The van der Waals surface area contributed by atoms with Crippen LogP contribution in [0.1, 0.15) is 11.5 Å². The number of H-pyrrole nitrogens is 1. The van der Waals surface area contributed by atoms with E-state index in [2.05, 4.69) is 30.3 Å². The molecule has 0 amide bonds. The molecule has 2 aromatic rings. The second-order valence-electron chi connectivity index (χ2n) is 3.30. The van der Waals surface area contributed by atoms with Crippen LogP contribution in [0.4, 0.5) is 0 Å². The Morgan fingerprint density at radius 1 is 1.44 bits per heavy atom. The van der Waals surface area contributed by atoms with Gasteiger partial charge in [0.1, 0.15) is 4.90 Å². The smallest absolute Gasteiger partial charge is 0.242 e. The van der Waals surface area contributed by atoms with Crippen LogP contribution in [0.3, 0.4) is 0 Å². The number of sulfonamides is 1. The van der Waals surface area contributed by atoms with E-state index in [0.717, 1.165) is 0 Å². The molecule has 0 aliphatic rings. The van der Waals surface area contributed by atoms with Gasteiger partial charge >= 0.3 is 0 Å². The Hall–Kier alpha value is -1.91. The van der Waals surface area contributed by atoms with E-state index < -0.39 is 10.0 Å². The van der Waals surface area contributed by atoms with Crippen LogP contribution in [0.2, 0.25) is 0 Å². The number of pyridine rings is 1. The van der Waals surface area contributed by atoms with Crippen LogP contribution in [-0.2, 0) is 23.1 Å². The zero-order valence-corrected chi connectivity index (χ0v) is 10.1. The van der Waals surface area contributed by atoms with Crippen molar-refractivity contribution in [3.8, 4) is 0 Å². The van der Waals surface area contributed by atoms with Crippen molar-refractivity contribution in [2.45, 2.75) is 18.0 Å². The predicted octanol–water partition coefficient (Wildman–Crippen LogP) is -1.47. The molecule has 9 nitrogen and oxygen atoms in total. The first-order valence-electron chi connectivity index (χ1n) is 4.99. The van der Waals surface area contributed by atoms with Crippen LogP contribution in [-0.4, -0.2) is 34.0 Å². The molecule has 96 valence electrons. The van der Waals surface area contributed by atoms with Gasteiger partial charge in [-0.15, -0.1) is 10.2 Å². The zero-order valence-electron chi connectivity index (χ0n) is 9.24. The highest BCUT2D eigenvalue weighted by Crippen LogP contribution is 2.12. The number of hydrogen-bond acceptors (Lipinski definition) is 7. The topological polar surface area (TPSA) is 140 Å². The number of nitrogens with one attached hydrogen (secondary N) is 2. The number of tetrazole rings is 1. The molecule has 0 bridgehead atoms. The number of nitrogens with two attached hydrogens (primary N) is 1. The Labute approximate surface area is 103 Å². The van der Waals surface area contributed by atoms with Gasteiger partial charge in [-0.1, -0.05) is 5.21 Å². The molecule has 4 N–H and O–H groups in total. The molecule has 18 heavy (non-hydrogen) atoms. The summed E-state index contributed by atoms with van der Waals surface area (Å²) in [5.41, 5.74) is 5.75. The lowest BCUT2D eigenvalue weighted by Gasteiger charge is -2.07. The van der Waals surface area contributed by atoms with E-state index >= 15 is 0 Å². The van der Waals surface area contributed by atoms with Crippen molar-refractivity contribution in [2.24, 2.45) is 5.73 Å². The third-order valence-electron chi connectivity index (χ3n) is 2.14. The molecular formula is C8H11N7O2S. The van der Waals surface area contributed by atoms with Gasteiger partial charge in [0.2, 0.25) is 10.0 Å². The Morgan fingerprint density at radius 2 is 2.28 bits per heavy atom. The maximum Gasteiger partial charge on any atom is 0.242 e. The van der Waals surface area contributed by atoms with Gasteiger partial charge < -0.3 is 5.73 Å². The number of aromatic nitrogens is 5. The lowest BCUT2D eigenvalue weighted by Crippen LogP contribution is -2.25. The predicted molar refractivity (Wildman–Crippen MR) is 60.3 cm³/mol. The van der Waals surface area contributed by atoms with Crippen LogP contribution >= 0.6 is 0 Å². The molecule has 10 heteroatoms. The normalized spacial score (nSPS) is 11.6. The minimum atomic E-state index is -3.69. The van der Waals surface area contributed by atoms with Crippen LogP contribution < -0.4 is 10.5 Å². The van der Waals surface area contributed by atoms with Crippen LogP contribution in [0.25, 0.3) is 0 Å². The fourth-order valence-electron chi connectivity index (χ4n) is 1.32. The summed E-state index contributed by atoms with van der Waals surface area (Å²) in [6.07, 6.45) is 1.49. The van der Waals surface area contributed by atoms with E-state index in [9.17, 15) is 8.42 Å². The number of aromatic amines is 1. The Morgan fingerprint density at radius 3 is 2.94 bits per heavy atom. The van der Waals surface area contributed by atoms with Gasteiger partial charge in [-0.2, -0.15) is 5.21 Å². The summed E-state index contributed by atoms with van der Waals surface area (Å²) >= 11 is 0. The van der Waals surface area contributed by atoms with E-state index in [1.54, 1.807) is 0 Å². The summed E-state index contributed by atoms with van der Waals surface area (Å²) in [5, 5.41) is 12.8. The van der Waals surface area contributed by atoms with Crippen molar-refractivity contribution >= 4 is 10.0 Å². The summed E-state index contributed by atoms with van der Waals surface area (Å²) in [4.78, 5) is 3.97. The molecule has 0 spiro atoms. The Balaban J connectivity index is 2.20. The quantitative estimate of drug-likeness (QED) is 0.602. The van der Waals surface area contributed by atoms with E-state index in [0.29, 0.717) is 5.69 Å². The van der Waals surface area contributed by atoms with E-state index in [4.69, 9.17) is 5.73 Å². The van der Waals surface area contributed by atoms with Gasteiger partial charge in [0.05, 0.1) is 12.2 Å². The third-order valence-corrected chi connectivity index (χ3v) is 3.62. The second kappa shape index (κ2) is 5.16. The largest absolute Gasteiger partial charge is 0.325 e. The van der Waals surface area contributed by atoms with Gasteiger partial charge in [0.25, 0.3) is 0 Å². The number of rotatable bonds is 5. The summed E-state index contributed by atoms with van der Waals surface area (Å²) in [6, 6.07) is 2.97. The Kier molecular flexibility index (Phi) is 3.60. The lowest BCUT2D eigenvalue weighted by atomic mass is 10.3. The fourth-order valence-corrected chi connectivity index (χ4v) is 2.49. The second-order valence-corrected chi connectivity index (χ2v) is 5.04. The highest BCUT2D eigenvalue weighted by Gasteiger charge is 2.18. The van der Waals surface area contributed by atoms with Crippen molar-refractivity contribution in [1.29, 1.82) is 0 Å². The highest BCUT2D eigenvalue weighted by atomic mass is 32.2. The van der Waals surface area contributed by atoms with Crippen molar-refractivity contribution in [3.63, 3.8) is 0 Å². The minimum Gasteiger partial charge on any atom is -0.325 e. The molecule has 0 saturated heterocycles. The fraction of sp³-hybridized carbons (Fsp3) is 0.250. The van der Waals surface area contributed by atoms with Gasteiger partial charge in [0, 0.05) is 12.7 Å². The summed E-state index contributed by atoms with van der Waals surface area (Å²) < 4.78 is 26.4. The van der Waals surface area contributed by atoms with Crippen LogP contribution in [0.15, 0.2) is 23.2 Å². The maximum absolute atomic E-state index is 12.0. The molecule has 0 aliphatic carbocycles. The molecule has 0 fully saturated rings. The molecule has 0 atom stereocenters. The minimum absolute atomic E-state index is 0.0410. The molecular weight excluding hydrogens is 258 g/mol. The van der Waals surface area contributed by atoms with Gasteiger partial charge in [0.15, 0.2) is 5.82 Å². The first-order valence-corrected chi connectivity index (χ1v) is 6.48. The SMILES string of the molecule is NCc1ncccc1S(=O)(=O)NCc1nn[nH]n1. The third kappa shape index (κ3) is 2.67. The van der Waals surface area contributed by atoms with Gasteiger partial charge in [-0.25, -0.2) is 13.1 Å². The standard InChI is InChI=1S/C8H11N7O2S/c9-4-6-7(2-1-3-10-6)18(16,17)11-5-8-12-14-15-13-8/h1-3,11H,4-5,9H2,(H,12,13,14,15). The number of hydrogen-bond donors (Lipinski definition) is 3. The van der Waals surface area contributed by atoms with Crippen LogP contribution in [0, 0.1) is 0 Å². The van der Waals surface area contributed by atoms with Crippen molar-refractivity contribution < 1.29 is 8.42 Å². The first kappa shape index (κ1) is 12.5. The highest BCUT2D eigenvalue weighted by molar-refractivity contribution is 7.89. The summed E-state index contributed by atoms with van der Waals surface area (Å²) in [5.74, 6) is 0.247. The molecule has 0 aromatic carbocycles. The molecule has 2 heterocycles.